The van der Waals surface area contributed by atoms with Gasteiger partial charge in [-0.2, -0.15) is 4.39 Å². The molecule has 0 unspecified atom stereocenters. The van der Waals surface area contributed by atoms with E-state index in [2.05, 4.69) is 33.5 Å². The van der Waals surface area contributed by atoms with Gasteiger partial charge in [0.25, 0.3) is 0 Å². The molecule has 5 nitrogen and oxygen atoms in total. The van der Waals surface area contributed by atoms with Crippen LogP contribution in [0.25, 0.3) is 28.6 Å². The highest BCUT2D eigenvalue weighted by Gasteiger charge is 2.24. The zero-order valence-corrected chi connectivity index (χ0v) is 16.6. The van der Waals surface area contributed by atoms with Crippen molar-refractivity contribution in [3.8, 4) is 22.5 Å². The first kappa shape index (κ1) is 18.1. The Labute approximate surface area is 169 Å². The van der Waals surface area contributed by atoms with Gasteiger partial charge in [0.05, 0.1) is 30.5 Å². The monoisotopic (exact) mass is 390 g/mol. The van der Waals surface area contributed by atoms with Gasteiger partial charge in [-0.1, -0.05) is 12.2 Å². The van der Waals surface area contributed by atoms with Gasteiger partial charge in [0.1, 0.15) is 5.82 Å². The molecule has 0 radical (unpaired) electrons. The lowest BCUT2D eigenvalue weighted by Gasteiger charge is -2.34. The fraction of sp³-hybridized carbons (Fsp3) is 0.304. The molecule has 1 aliphatic carbocycles. The Morgan fingerprint density at radius 3 is 2.97 bits per heavy atom. The lowest BCUT2D eigenvalue weighted by atomic mass is 10.0. The SMILES string of the molecule is C[C@@H]1COCCN1c1cc(-c2cccn2C)cc(-c2c(F)ncc3c2C=CC3)n1. The molecule has 0 bridgehead atoms. The van der Waals surface area contributed by atoms with Crippen LogP contribution in [0, 0.1) is 5.95 Å². The molecule has 0 saturated carbocycles. The van der Waals surface area contributed by atoms with Crippen LogP contribution in [0.3, 0.4) is 0 Å². The number of hydrogen-bond donors (Lipinski definition) is 0. The molecule has 148 valence electrons. The predicted molar refractivity (Wildman–Crippen MR) is 112 cm³/mol. The summed E-state index contributed by atoms with van der Waals surface area (Å²) in [6.45, 7) is 4.21. The maximum Gasteiger partial charge on any atom is 0.222 e. The standard InChI is InChI=1S/C23H23FN4O/c1-15-14-29-10-9-28(15)21-12-17(20-7-4-8-27(20)2)11-19(26-21)22-18-6-3-5-16(18)13-25-23(22)24/h3-4,6-8,11-13,15H,5,9-10,14H2,1-2H3/t15-/m1/s1. The van der Waals surface area contributed by atoms with Crippen LogP contribution in [0.4, 0.5) is 10.2 Å². The van der Waals surface area contributed by atoms with E-state index in [1.54, 1.807) is 6.20 Å². The van der Waals surface area contributed by atoms with Crippen molar-refractivity contribution in [1.29, 1.82) is 0 Å². The maximum absolute atomic E-state index is 14.9. The van der Waals surface area contributed by atoms with Crippen molar-refractivity contribution in [2.24, 2.45) is 7.05 Å². The summed E-state index contributed by atoms with van der Waals surface area (Å²) in [5.41, 5.74) is 5.09. The molecular formula is C23H23FN4O. The molecule has 5 rings (SSSR count). The third kappa shape index (κ3) is 3.13. The number of aryl methyl sites for hydroxylation is 1. The Hall–Kier alpha value is -2.99. The van der Waals surface area contributed by atoms with E-state index < -0.39 is 5.95 Å². The second-order valence-corrected chi connectivity index (χ2v) is 7.69. The number of halogens is 1. The van der Waals surface area contributed by atoms with Gasteiger partial charge in [0.15, 0.2) is 0 Å². The summed E-state index contributed by atoms with van der Waals surface area (Å²) in [5.74, 6) is 0.362. The highest BCUT2D eigenvalue weighted by atomic mass is 19.1. The van der Waals surface area contributed by atoms with Crippen molar-refractivity contribution < 1.29 is 9.13 Å². The van der Waals surface area contributed by atoms with Crippen molar-refractivity contribution >= 4 is 11.9 Å². The van der Waals surface area contributed by atoms with Crippen LogP contribution in [0.15, 0.2) is 42.7 Å². The fourth-order valence-corrected chi connectivity index (χ4v) is 4.21. The van der Waals surface area contributed by atoms with Gasteiger partial charge in [0.2, 0.25) is 5.95 Å². The summed E-state index contributed by atoms with van der Waals surface area (Å²) in [6, 6.07) is 8.34. The Bertz CT molecular complexity index is 1100. The summed E-state index contributed by atoms with van der Waals surface area (Å²) in [5, 5.41) is 0. The van der Waals surface area contributed by atoms with Crippen molar-refractivity contribution in [3.63, 3.8) is 0 Å². The van der Waals surface area contributed by atoms with E-state index in [0.29, 0.717) is 24.5 Å². The zero-order chi connectivity index (χ0) is 20.0. The smallest absolute Gasteiger partial charge is 0.222 e. The van der Waals surface area contributed by atoms with Gasteiger partial charge in [-0.25, -0.2) is 9.97 Å². The number of aromatic nitrogens is 3. The van der Waals surface area contributed by atoms with Gasteiger partial charge in [0, 0.05) is 37.2 Å². The quantitative estimate of drug-likeness (QED) is 0.632. The Morgan fingerprint density at radius 1 is 1.28 bits per heavy atom. The summed E-state index contributed by atoms with van der Waals surface area (Å²) in [6.07, 6.45) is 8.43. The summed E-state index contributed by atoms with van der Waals surface area (Å²) in [7, 11) is 2.01. The largest absolute Gasteiger partial charge is 0.377 e. The van der Waals surface area contributed by atoms with Crippen LogP contribution in [0.1, 0.15) is 18.1 Å². The van der Waals surface area contributed by atoms with Gasteiger partial charge < -0.3 is 14.2 Å². The molecule has 0 aromatic carbocycles. The summed E-state index contributed by atoms with van der Waals surface area (Å²) < 4.78 is 22.6. The number of fused-ring (bicyclic) bond motifs is 1. The van der Waals surface area contributed by atoms with Crippen molar-refractivity contribution in [2.75, 3.05) is 24.7 Å². The summed E-state index contributed by atoms with van der Waals surface area (Å²) in [4.78, 5) is 11.2. The molecule has 0 amide bonds. The van der Waals surface area contributed by atoms with Crippen LogP contribution in [0.2, 0.25) is 0 Å². The van der Waals surface area contributed by atoms with Crippen LogP contribution >= 0.6 is 0 Å². The first-order valence-electron chi connectivity index (χ1n) is 9.94. The molecule has 1 saturated heterocycles. The van der Waals surface area contributed by atoms with Crippen molar-refractivity contribution in [2.45, 2.75) is 19.4 Å². The van der Waals surface area contributed by atoms with E-state index >= 15 is 0 Å². The molecule has 1 fully saturated rings. The number of ether oxygens (including phenoxy) is 1. The molecule has 0 N–H and O–H groups in total. The van der Waals surface area contributed by atoms with Gasteiger partial charge >= 0.3 is 0 Å². The second kappa shape index (κ2) is 7.12. The van der Waals surface area contributed by atoms with Crippen molar-refractivity contribution in [3.05, 3.63) is 59.8 Å². The molecule has 6 heteroatoms. The van der Waals surface area contributed by atoms with E-state index in [1.807, 2.05) is 37.5 Å². The zero-order valence-electron chi connectivity index (χ0n) is 16.6. The molecule has 1 atom stereocenters. The first-order valence-corrected chi connectivity index (χ1v) is 9.94. The molecule has 2 aliphatic rings. The fourth-order valence-electron chi connectivity index (χ4n) is 4.21. The number of pyridine rings is 2. The molecular weight excluding hydrogens is 367 g/mol. The molecule has 3 aromatic rings. The van der Waals surface area contributed by atoms with Crippen LogP contribution in [-0.4, -0.2) is 40.3 Å². The minimum absolute atomic E-state index is 0.206. The van der Waals surface area contributed by atoms with Gasteiger partial charge in [-0.15, -0.1) is 0 Å². The normalized spacial score (nSPS) is 18.3. The minimum atomic E-state index is -0.479. The number of nitrogens with zero attached hydrogens (tertiary/aromatic N) is 4. The van der Waals surface area contributed by atoms with Crippen molar-refractivity contribution in [1.82, 2.24) is 14.5 Å². The number of allylic oxidation sites excluding steroid dienone is 1. The average Bonchev–Trinajstić information content (AvgIpc) is 3.36. The number of morpholine rings is 1. The van der Waals surface area contributed by atoms with E-state index in [1.165, 1.54) is 0 Å². The Morgan fingerprint density at radius 2 is 2.17 bits per heavy atom. The molecule has 3 aromatic heterocycles. The number of anilines is 1. The van der Waals surface area contributed by atoms with Crippen LogP contribution in [-0.2, 0) is 18.2 Å². The predicted octanol–water partition coefficient (Wildman–Crippen LogP) is 4.08. The van der Waals surface area contributed by atoms with Crippen LogP contribution < -0.4 is 4.90 Å². The third-order valence-electron chi connectivity index (χ3n) is 5.75. The van der Waals surface area contributed by atoms with E-state index in [0.717, 1.165) is 41.2 Å². The van der Waals surface area contributed by atoms with E-state index in [9.17, 15) is 4.39 Å². The Kier molecular flexibility index (Phi) is 4.43. The topological polar surface area (TPSA) is 43.2 Å². The van der Waals surface area contributed by atoms with Gasteiger partial charge in [-0.3, -0.25) is 0 Å². The molecule has 0 spiro atoms. The highest BCUT2D eigenvalue weighted by Crippen LogP contribution is 2.36. The lowest BCUT2D eigenvalue weighted by Crippen LogP contribution is -2.44. The highest BCUT2D eigenvalue weighted by molar-refractivity contribution is 5.80. The maximum atomic E-state index is 14.9. The molecule has 29 heavy (non-hydrogen) atoms. The van der Waals surface area contributed by atoms with Gasteiger partial charge in [-0.05, 0) is 48.7 Å². The lowest BCUT2D eigenvalue weighted by molar-refractivity contribution is 0.0985. The number of hydrogen-bond acceptors (Lipinski definition) is 4. The second-order valence-electron chi connectivity index (χ2n) is 7.69. The van der Waals surface area contributed by atoms with E-state index in [4.69, 9.17) is 9.72 Å². The number of rotatable bonds is 3. The first-order chi connectivity index (χ1) is 14.1. The molecule has 1 aliphatic heterocycles. The Balaban J connectivity index is 1.72. The van der Waals surface area contributed by atoms with E-state index in [-0.39, 0.29) is 6.04 Å². The third-order valence-corrected chi connectivity index (χ3v) is 5.75. The minimum Gasteiger partial charge on any atom is -0.377 e. The van der Waals surface area contributed by atoms with Crippen LogP contribution in [0.5, 0.6) is 0 Å². The average molecular weight is 390 g/mol. The molecule has 4 heterocycles. The summed E-state index contributed by atoms with van der Waals surface area (Å²) >= 11 is 0.